The first kappa shape index (κ1) is 15.7. The summed E-state index contributed by atoms with van der Waals surface area (Å²) in [6.07, 6.45) is 0. The van der Waals surface area contributed by atoms with Gasteiger partial charge in [-0.3, -0.25) is 9.59 Å². The van der Waals surface area contributed by atoms with Gasteiger partial charge in [0.15, 0.2) is 0 Å². The molecule has 3 aromatic carbocycles. The lowest BCUT2D eigenvalue weighted by atomic mass is 10.1. The van der Waals surface area contributed by atoms with Gasteiger partial charge in [0.1, 0.15) is 0 Å². The number of fused-ring (bicyclic) bond motifs is 1. The molecule has 0 aliphatic heterocycles. The number of nitrogens with one attached hydrogen (secondary N) is 2. The summed E-state index contributed by atoms with van der Waals surface area (Å²) in [5.74, 6) is -0.320. The van der Waals surface area contributed by atoms with E-state index in [1.165, 1.54) is 6.92 Å². The van der Waals surface area contributed by atoms with Crippen molar-refractivity contribution in [1.29, 1.82) is 0 Å². The Morgan fingerprint density at radius 2 is 1.46 bits per heavy atom. The molecule has 0 saturated heterocycles. The molecule has 3 rings (SSSR count). The fraction of sp³-hybridized carbons (Fsp3) is 0.100. The minimum atomic E-state index is -0.177. The van der Waals surface area contributed by atoms with E-state index in [1.807, 2.05) is 61.5 Å². The molecular formula is C20H18N2O2. The van der Waals surface area contributed by atoms with Gasteiger partial charge in [0.05, 0.1) is 0 Å². The third-order valence-corrected chi connectivity index (χ3v) is 3.90. The Kier molecular flexibility index (Phi) is 4.29. The number of anilines is 2. The first-order valence-corrected chi connectivity index (χ1v) is 7.72. The number of carbonyl (C=O) groups excluding carboxylic acids is 2. The lowest BCUT2D eigenvalue weighted by Crippen LogP contribution is -2.14. The first-order valence-electron chi connectivity index (χ1n) is 7.72. The van der Waals surface area contributed by atoms with Gasteiger partial charge >= 0.3 is 0 Å². The smallest absolute Gasteiger partial charge is 0.255 e. The summed E-state index contributed by atoms with van der Waals surface area (Å²) in [7, 11) is 0. The molecule has 2 amide bonds. The van der Waals surface area contributed by atoms with E-state index in [9.17, 15) is 9.59 Å². The molecule has 0 saturated carbocycles. The zero-order valence-electron chi connectivity index (χ0n) is 13.6. The second-order valence-electron chi connectivity index (χ2n) is 5.68. The average molecular weight is 318 g/mol. The van der Waals surface area contributed by atoms with Crippen molar-refractivity contribution in [3.05, 3.63) is 71.8 Å². The van der Waals surface area contributed by atoms with E-state index >= 15 is 0 Å². The van der Waals surface area contributed by atoms with Crippen molar-refractivity contribution in [2.75, 3.05) is 10.6 Å². The van der Waals surface area contributed by atoms with E-state index in [2.05, 4.69) is 10.6 Å². The van der Waals surface area contributed by atoms with Crippen molar-refractivity contribution in [3.63, 3.8) is 0 Å². The van der Waals surface area contributed by atoms with E-state index in [-0.39, 0.29) is 11.8 Å². The van der Waals surface area contributed by atoms with Crippen LogP contribution in [0.1, 0.15) is 22.8 Å². The highest BCUT2D eigenvalue weighted by Crippen LogP contribution is 2.24. The fourth-order valence-electron chi connectivity index (χ4n) is 2.62. The zero-order chi connectivity index (χ0) is 17.1. The summed E-state index contributed by atoms with van der Waals surface area (Å²) in [6, 6.07) is 19.0. The molecule has 0 aliphatic rings. The van der Waals surface area contributed by atoms with Crippen LogP contribution in [-0.4, -0.2) is 11.8 Å². The van der Waals surface area contributed by atoms with Gasteiger partial charge in [-0.05, 0) is 47.5 Å². The number of rotatable bonds is 3. The summed E-state index contributed by atoms with van der Waals surface area (Å²) in [6.45, 7) is 3.32. The molecule has 3 aromatic rings. The fourth-order valence-corrected chi connectivity index (χ4v) is 2.62. The molecule has 4 heteroatoms. The maximum Gasteiger partial charge on any atom is 0.255 e. The quantitative estimate of drug-likeness (QED) is 0.754. The van der Waals surface area contributed by atoms with Crippen LogP contribution in [0.3, 0.4) is 0 Å². The maximum atomic E-state index is 12.5. The Morgan fingerprint density at radius 1 is 0.792 bits per heavy atom. The van der Waals surface area contributed by atoms with Gasteiger partial charge in [0, 0.05) is 23.9 Å². The Bertz CT molecular complexity index is 932. The lowest BCUT2D eigenvalue weighted by Gasteiger charge is -2.13. The van der Waals surface area contributed by atoms with E-state index in [1.54, 1.807) is 6.07 Å². The van der Waals surface area contributed by atoms with Gasteiger partial charge < -0.3 is 10.6 Å². The van der Waals surface area contributed by atoms with Crippen molar-refractivity contribution in [1.82, 2.24) is 0 Å². The van der Waals surface area contributed by atoms with Crippen LogP contribution in [0.5, 0.6) is 0 Å². The molecule has 2 N–H and O–H groups in total. The van der Waals surface area contributed by atoms with Crippen LogP contribution < -0.4 is 10.6 Å². The van der Waals surface area contributed by atoms with E-state index < -0.39 is 0 Å². The summed E-state index contributed by atoms with van der Waals surface area (Å²) in [5, 5.41) is 7.79. The first-order chi connectivity index (χ1) is 11.5. The molecule has 24 heavy (non-hydrogen) atoms. The number of amides is 2. The predicted octanol–water partition coefficient (Wildman–Crippen LogP) is 4.36. The number of hydrogen-bond donors (Lipinski definition) is 2. The van der Waals surface area contributed by atoms with Crippen molar-refractivity contribution in [3.8, 4) is 0 Å². The molecule has 0 radical (unpaired) electrons. The van der Waals surface area contributed by atoms with Crippen LogP contribution in [0.15, 0.2) is 60.7 Å². The lowest BCUT2D eigenvalue weighted by molar-refractivity contribution is -0.114. The highest BCUT2D eigenvalue weighted by atomic mass is 16.2. The summed E-state index contributed by atoms with van der Waals surface area (Å²) in [5.41, 5.74) is 2.79. The molecule has 0 unspecified atom stereocenters. The van der Waals surface area contributed by atoms with Gasteiger partial charge in [-0.2, -0.15) is 0 Å². The third kappa shape index (κ3) is 3.27. The average Bonchev–Trinajstić information content (AvgIpc) is 2.57. The largest absolute Gasteiger partial charge is 0.326 e. The van der Waals surface area contributed by atoms with Crippen LogP contribution in [-0.2, 0) is 4.79 Å². The van der Waals surface area contributed by atoms with Gasteiger partial charge in [0.2, 0.25) is 5.91 Å². The van der Waals surface area contributed by atoms with Gasteiger partial charge in [-0.15, -0.1) is 0 Å². The molecule has 0 bridgehead atoms. The number of benzene rings is 3. The van der Waals surface area contributed by atoms with E-state index in [0.717, 1.165) is 16.3 Å². The molecule has 0 fully saturated rings. The Balaban J connectivity index is 1.87. The van der Waals surface area contributed by atoms with Crippen LogP contribution in [0.25, 0.3) is 10.8 Å². The zero-order valence-corrected chi connectivity index (χ0v) is 13.6. The highest BCUT2D eigenvalue weighted by molar-refractivity contribution is 6.07. The van der Waals surface area contributed by atoms with Crippen molar-refractivity contribution in [2.24, 2.45) is 0 Å². The van der Waals surface area contributed by atoms with E-state index in [4.69, 9.17) is 0 Å². The molecule has 0 aliphatic carbocycles. The highest BCUT2D eigenvalue weighted by Gasteiger charge is 2.10. The van der Waals surface area contributed by atoms with Gasteiger partial charge in [-0.1, -0.05) is 36.4 Å². The van der Waals surface area contributed by atoms with Crippen LogP contribution in [0.2, 0.25) is 0 Å². The summed E-state index contributed by atoms with van der Waals surface area (Å²) < 4.78 is 0. The SMILES string of the molecule is CC(=O)Nc1cccc(NC(=O)c2ccc3ccccc3c2)c1C. The van der Waals surface area contributed by atoms with Gasteiger partial charge in [-0.25, -0.2) is 0 Å². The minimum Gasteiger partial charge on any atom is -0.326 e. The molecule has 4 nitrogen and oxygen atoms in total. The predicted molar refractivity (Wildman–Crippen MR) is 97.4 cm³/mol. The van der Waals surface area contributed by atoms with Gasteiger partial charge in [0.25, 0.3) is 5.91 Å². The topological polar surface area (TPSA) is 58.2 Å². The van der Waals surface area contributed by atoms with Crippen molar-refractivity contribution < 1.29 is 9.59 Å². The Morgan fingerprint density at radius 3 is 2.17 bits per heavy atom. The Labute approximate surface area is 140 Å². The molecule has 0 spiro atoms. The second-order valence-corrected chi connectivity index (χ2v) is 5.68. The third-order valence-electron chi connectivity index (χ3n) is 3.90. The van der Waals surface area contributed by atoms with Crippen molar-refractivity contribution in [2.45, 2.75) is 13.8 Å². The number of carbonyl (C=O) groups is 2. The Hall–Kier alpha value is -3.14. The standard InChI is InChI=1S/C20H18N2O2/c1-13-18(21-14(2)23)8-5-9-19(13)22-20(24)17-11-10-15-6-3-4-7-16(15)12-17/h3-12H,1-2H3,(H,21,23)(H,22,24). The number of hydrogen-bond acceptors (Lipinski definition) is 2. The summed E-state index contributed by atoms with van der Waals surface area (Å²) >= 11 is 0. The monoisotopic (exact) mass is 318 g/mol. The molecule has 0 heterocycles. The van der Waals surface area contributed by atoms with E-state index in [0.29, 0.717) is 16.9 Å². The molecule has 0 aromatic heterocycles. The minimum absolute atomic E-state index is 0.142. The summed E-state index contributed by atoms with van der Waals surface area (Å²) in [4.78, 5) is 23.8. The molecule has 120 valence electrons. The molecular weight excluding hydrogens is 300 g/mol. The van der Waals surface area contributed by atoms with Crippen LogP contribution in [0.4, 0.5) is 11.4 Å². The molecule has 0 atom stereocenters. The van der Waals surface area contributed by atoms with Crippen molar-refractivity contribution >= 4 is 34.0 Å². The normalized spacial score (nSPS) is 10.4. The van der Waals surface area contributed by atoms with Crippen LogP contribution in [0, 0.1) is 6.92 Å². The second kappa shape index (κ2) is 6.54. The maximum absolute atomic E-state index is 12.5. The van der Waals surface area contributed by atoms with Crippen LogP contribution >= 0.6 is 0 Å².